The van der Waals surface area contributed by atoms with Crippen molar-refractivity contribution < 1.29 is 9.47 Å². The van der Waals surface area contributed by atoms with Crippen LogP contribution in [-0.4, -0.2) is 13.2 Å². The molecule has 0 unspecified atom stereocenters. The molecule has 2 aromatic carbocycles. The summed E-state index contributed by atoms with van der Waals surface area (Å²) in [6.45, 7) is 3.81. The van der Waals surface area contributed by atoms with Crippen molar-refractivity contribution in [2.24, 2.45) is 0 Å². The highest BCUT2D eigenvalue weighted by Gasteiger charge is 2.15. The molecule has 0 aromatic heterocycles. The first-order valence-electron chi connectivity index (χ1n) is 6.72. The van der Waals surface area contributed by atoms with Gasteiger partial charge in [-0.3, -0.25) is 0 Å². The average molecular weight is 369 g/mol. The van der Waals surface area contributed by atoms with Gasteiger partial charge in [-0.05, 0) is 46.6 Å². The molecule has 2 aromatic rings. The summed E-state index contributed by atoms with van der Waals surface area (Å²) < 4.78 is 12.3. The fourth-order valence-electron chi connectivity index (χ4n) is 2.25. The van der Waals surface area contributed by atoms with E-state index in [0.717, 1.165) is 37.8 Å². The maximum absolute atomic E-state index is 6.18. The molecule has 1 aliphatic heterocycles. The number of hydrogen-bond donors (Lipinski definition) is 1. The molecule has 0 saturated carbocycles. The minimum Gasteiger partial charge on any atom is -0.486 e. The van der Waals surface area contributed by atoms with E-state index in [1.54, 1.807) is 0 Å². The van der Waals surface area contributed by atoms with Crippen LogP contribution in [0.25, 0.3) is 0 Å². The van der Waals surface area contributed by atoms with E-state index in [4.69, 9.17) is 21.1 Å². The second-order valence-electron chi connectivity index (χ2n) is 4.88. The second-order valence-corrected chi connectivity index (χ2v) is 6.14. The number of nitrogens with one attached hydrogen (secondary N) is 1. The Morgan fingerprint density at radius 3 is 2.90 bits per heavy atom. The zero-order chi connectivity index (χ0) is 14.8. The molecule has 0 aliphatic carbocycles. The van der Waals surface area contributed by atoms with Crippen LogP contribution < -0.4 is 14.8 Å². The van der Waals surface area contributed by atoms with Crippen LogP contribution in [0.3, 0.4) is 0 Å². The number of hydrogen-bond acceptors (Lipinski definition) is 3. The van der Waals surface area contributed by atoms with Crippen molar-refractivity contribution in [1.29, 1.82) is 0 Å². The van der Waals surface area contributed by atoms with Crippen LogP contribution in [0.4, 0.5) is 5.69 Å². The lowest BCUT2D eigenvalue weighted by Crippen LogP contribution is -2.17. The third-order valence-corrected chi connectivity index (χ3v) is 4.43. The summed E-state index contributed by atoms with van der Waals surface area (Å²) in [7, 11) is 0. The summed E-state index contributed by atoms with van der Waals surface area (Å²) in [5, 5.41) is 4.13. The molecule has 1 N–H and O–H groups in total. The van der Waals surface area contributed by atoms with E-state index in [0.29, 0.717) is 19.8 Å². The van der Waals surface area contributed by atoms with Crippen molar-refractivity contribution in [3.63, 3.8) is 0 Å². The minimum absolute atomic E-state index is 0.587. The highest BCUT2D eigenvalue weighted by Crippen LogP contribution is 2.35. The van der Waals surface area contributed by atoms with Gasteiger partial charge >= 0.3 is 0 Å². The molecule has 5 heteroatoms. The van der Waals surface area contributed by atoms with Gasteiger partial charge in [-0.2, -0.15) is 0 Å². The second kappa shape index (κ2) is 6.16. The predicted octanol–water partition coefficient (Wildman–Crippen LogP) is 4.79. The molecule has 3 rings (SSSR count). The maximum Gasteiger partial charge on any atom is 0.166 e. The summed E-state index contributed by atoms with van der Waals surface area (Å²) in [6, 6.07) is 9.86. The zero-order valence-corrected chi connectivity index (χ0v) is 13.9. The Morgan fingerprint density at radius 1 is 1.24 bits per heavy atom. The number of para-hydroxylation sites is 1. The van der Waals surface area contributed by atoms with Crippen molar-refractivity contribution in [3.05, 3.63) is 51.0 Å². The summed E-state index contributed by atoms with van der Waals surface area (Å²) in [4.78, 5) is 0. The molecule has 0 saturated heterocycles. The lowest BCUT2D eigenvalue weighted by Gasteiger charge is -2.21. The number of rotatable bonds is 3. The molecule has 110 valence electrons. The van der Waals surface area contributed by atoms with Gasteiger partial charge in [0.05, 0.1) is 5.69 Å². The standard InChI is InChI=1S/C16H15BrClNO2/c1-10-7-12(17)14(8-13(10)18)19-9-11-3-2-4-15-16(11)21-6-5-20-15/h2-4,7-8,19H,5-6,9H2,1H3. The third-order valence-electron chi connectivity index (χ3n) is 3.37. The molecule has 0 fully saturated rings. The van der Waals surface area contributed by atoms with Gasteiger partial charge in [-0.1, -0.05) is 23.7 Å². The summed E-state index contributed by atoms with van der Waals surface area (Å²) in [5.74, 6) is 1.63. The molecule has 1 aliphatic rings. The first kappa shape index (κ1) is 14.5. The van der Waals surface area contributed by atoms with Crippen molar-refractivity contribution >= 4 is 33.2 Å². The topological polar surface area (TPSA) is 30.5 Å². The van der Waals surface area contributed by atoms with Gasteiger partial charge < -0.3 is 14.8 Å². The van der Waals surface area contributed by atoms with E-state index in [-0.39, 0.29) is 0 Å². The van der Waals surface area contributed by atoms with Crippen LogP contribution in [-0.2, 0) is 6.54 Å². The normalized spacial score (nSPS) is 13.1. The van der Waals surface area contributed by atoms with Crippen LogP contribution in [0, 0.1) is 6.92 Å². The number of fused-ring (bicyclic) bond motifs is 1. The molecular weight excluding hydrogens is 354 g/mol. The Labute approximate surface area is 137 Å². The summed E-state index contributed by atoms with van der Waals surface area (Å²) in [6.07, 6.45) is 0. The summed E-state index contributed by atoms with van der Waals surface area (Å²) >= 11 is 9.73. The quantitative estimate of drug-likeness (QED) is 0.844. The van der Waals surface area contributed by atoms with Crippen LogP contribution >= 0.6 is 27.5 Å². The van der Waals surface area contributed by atoms with Gasteiger partial charge in [0, 0.05) is 21.6 Å². The molecule has 3 nitrogen and oxygen atoms in total. The van der Waals surface area contributed by atoms with E-state index in [9.17, 15) is 0 Å². The van der Waals surface area contributed by atoms with E-state index in [2.05, 4.69) is 21.2 Å². The van der Waals surface area contributed by atoms with Crippen LogP contribution in [0.5, 0.6) is 11.5 Å². The Balaban J connectivity index is 1.81. The smallest absolute Gasteiger partial charge is 0.166 e. The van der Waals surface area contributed by atoms with Crippen molar-refractivity contribution in [2.45, 2.75) is 13.5 Å². The number of aryl methyl sites for hydroxylation is 1. The largest absolute Gasteiger partial charge is 0.486 e. The molecule has 21 heavy (non-hydrogen) atoms. The Kier molecular flexibility index (Phi) is 4.27. The highest BCUT2D eigenvalue weighted by atomic mass is 79.9. The summed E-state index contributed by atoms with van der Waals surface area (Å²) in [5.41, 5.74) is 3.07. The number of halogens is 2. The van der Waals surface area contributed by atoms with E-state index >= 15 is 0 Å². The maximum atomic E-state index is 6.18. The van der Waals surface area contributed by atoms with Gasteiger partial charge in [0.15, 0.2) is 11.5 Å². The highest BCUT2D eigenvalue weighted by molar-refractivity contribution is 9.10. The van der Waals surface area contributed by atoms with Crippen molar-refractivity contribution in [2.75, 3.05) is 18.5 Å². The van der Waals surface area contributed by atoms with E-state index < -0.39 is 0 Å². The average Bonchev–Trinajstić information content (AvgIpc) is 2.49. The molecule has 0 amide bonds. The number of ether oxygens (including phenoxy) is 2. The van der Waals surface area contributed by atoms with Crippen LogP contribution in [0.2, 0.25) is 5.02 Å². The first-order valence-corrected chi connectivity index (χ1v) is 7.89. The third kappa shape index (κ3) is 3.11. The van der Waals surface area contributed by atoms with Gasteiger partial charge in [0.1, 0.15) is 13.2 Å². The minimum atomic E-state index is 0.587. The molecule has 0 spiro atoms. The SMILES string of the molecule is Cc1cc(Br)c(NCc2cccc3c2OCCO3)cc1Cl. The zero-order valence-electron chi connectivity index (χ0n) is 11.6. The lowest BCUT2D eigenvalue weighted by atomic mass is 10.1. The monoisotopic (exact) mass is 367 g/mol. The van der Waals surface area contributed by atoms with Crippen molar-refractivity contribution in [3.8, 4) is 11.5 Å². The Hall–Kier alpha value is -1.39. The fraction of sp³-hybridized carbons (Fsp3) is 0.250. The van der Waals surface area contributed by atoms with Crippen LogP contribution in [0.1, 0.15) is 11.1 Å². The van der Waals surface area contributed by atoms with Gasteiger partial charge in [-0.25, -0.2) is 0 Å². The molecule has 0 radical (unpaired) electrons. The molecular formula is C16H15BrClNO2. The Morgan fingerprint density at radius 2 is 2.05 bits per heavy atom. The predicted molar refractivity (Wildman–Crippen MR) is 88.6 cm³/mol. The Bertz CT molecular complexity index is 676. The first-order chi connectivity index (χ1) is 10.1. The molecule has 0 atom stereocenters. The van der Waals surface area contributed by atoms with Gasteiger partial charge in [0.2, 0.25) is 0 Å². The van der Waals surface area contributed by atoms with Crippen molar-refractivity contribution in [1.82, 2.24) is 0 Å². The number of benzene rings is 2. The van der Waals surface area contributed by atoms with E-state index in [1.165, 1.54) is 0 Å². The van der Waals surface area contributed by atoms with E-state index in [1.807, 2.05) is 37.3 Å². The van der Waals surface area contributed by atoms with Gasteiger partial charge in [-0.15, -0.1) is 0 Å². The number of anilines is 1. The van der Waals surface area contributed by atoms with Gasteiger partial charge in [0.25, 0.3) is 0 Å². The lowest BCUT2D eigenvalue weighted by molar-refractivity contribution is 0.170. The van der Waals surface area contributed by atoms with Crippen LogP contribution in [0.15, 0.2) is 34.8 Å². The molecule has 0 bridgehead atoms. The fourth-order valence-corrected chi connectivity index (χ4v) is 3.01. The molecule has 1 heterocycles.